The Kier molecular flexibility index (Phi) is 7.36. The van der Waals surface area contributed by atoms with Gasteiger partial charge in [-0.05, 0) is 44.4 Å². The number of hydrogen-bond donors (Lipinski definition) is 2. The van der Waals surface area contributed by atoms with E-state index in [0.717, 1.165) is 17.7 Å². The Balaban J connectivity index is 2.63. The van der Waals surface area contributed by atoms with Crippen LogP contribution in [0.1, 0.15) is 52.6 Å². The van der Waals surface area contributed by atoms with Crippen LogP contribution >= 0.6 is 0 Å². The molecule has 1 rings (SSSR count). The second-order valence-electron chi connectivity index (χ2n) is 6.77. The van der Waals surface area contributed by atoms with Crippen molar-refractivity contribution in [3.63, 3.8) is 0 Å². The van der Waals surface area contributed by atoms with Crippen molar-refractivity contribution in [3.05, 3.63) is 29.8 Å². The van der Waals surface area contributed by atoms with E-state index >= 15 is 0 Å². The van der Waals surface area contributed by atoms with Crippen LogP contribution < -0.4 is 10.1 Å². The number of carbonyl (C=O) groups is 1. The maximum Gasteiger partial charge on any atom is 0.408 e. The number of aliphatic hydroxyl groups excluding tert-OH is 1. The highest BCUT2D eigenvalue weighted by molar-refractivity contribution is 5.68. The molecule has 0 saturated heterocycles. The van der Waals surface area contributed by atoms with Gasteiger partial charge in [0.1, 0.15) is 11.4 Å². The van der Waals surface area contributed by atoms with Crippen LogP contribution in [0.2, 0.25) is 0 Å². The fourth-order valence-corrected chi connectivity index (χ4v) is 1.84. The Morgan fingerprint density at radius 3 is 2.35 bits per heavy atom. The predicted molar refractivity (Wildman–Crippen MR) is 90.6 cm³/mol. The number of carbonyl (C=O) groups excluding carboxylic acids is 1. The van der Waals surface area contributed by atoms with Crippen molar-refractivity contribution in [2.45, 2.75) is 52.7 Å². The third-order valence-electron chi connectivity index (χ3n) is 3.39. The zero-order valence-corrected chi connectivity index (χ0v) is 14.8. The van der Waals surface area contributed by atoms with Crippen molar-refractivity contribution in [2.75, 3.05) is 13.2 Å². The lowest BCUT2D eigenvalue weighted by molar-refractivity contribution is 0.0482. The molecule has 0 saturated carbocycles. The van der Waals surface area contributed by atoms with Gasteiger partial charge in [-0.15, -0.1) is 0 Å². The maximum atomic E-state index is 11.8. The quantitative estimate of drug-likeness (QED) is 0.803. The van der Waals surface area contributed by atoms with E-state index in [9.17, 15) is 9.90 Å². The average Bonchev–Trinajstić information content (AvgIpc) is 2.49. The van der Waals surface area contributed by atoms with E-state index in [4.69, 9.17) is 9.47 Å². The highest BCUT2D eigenvalue weighted by Gasteiger charge is 2.20. The Labute approximate surface area is 139 Å². The van der Waals surface area contributed by atoms with Crippen molar-refractivity contribution >= 4 is 6.09 Å². The van der Waals surface area contributed by atoms with Crippen LogP contribution in [0.5, 0.6) is 5.75 Å². The van der Waals surface area contributed by atoms with Crippen LogP contribution in [0.25, 0.3) is 0 Å². The van der Waals surface area contributed by atoms with Gasteiger partial charge >= 0.3 is 6.09 Å². The summed E-state index contributed by atoms with van der Waals surface area (Å²) >= 11 is 0. The summed E-state index contributed by atoms with van der Waals surface area (Å²) in [4.78, 5) is 11.8. The zero-order valence-electron chi connectivity index (χ0n) is 14.8. The summed E-state index contributed by atoms with van der Waals surface area (Å²) in [5, 5.41) is 12.2. The molecule has 0 bridgehead atoms. The molecule has 0 aliphatic rings. The van der Waals surface area contributed by atoms with Crippen molar-refractivity contribution in [1.29, 1.82) is 0 Å². The second kappa shape index (κ2) is 8.77. The first-order valence-corrected chi connectivity index (χ1v) is 8.08. The van der Waals surface area contributed by atoms with E-state index in [1.807, 2.05) is 24.3 Å². The number of benzene rings is 1. The number of aliphatic hydroxyl groups is 1. The molecule has 5 nitrogen and oxygen atoms in total. The molecule has 130 valence electrons. The van der Waals surface area contributed by atoms with Crippen molar-refractivity contribution < 1.29 is 19.4 Å². The molecule has 2 atom stereocenters. The smallest absolute Gasteiger partial charge is 0.408 e. The molecule has 1 amide bonds. The standard InChI is InChI=1S/C18H29NO4/c1-6-13(2)12-22-15-9-7-14(8-10-15)16(11-20)19-17(21)23-18(3,4)5/h7-10,13,16,20H,6,11-12H2,1-5H3,(H,19,21). The summed E-state index contributed by atoms with van der Waals surface area (Å²) in [6, 6.07) is 6.86. The van der Waals surface area contributed by atoms with Crippen LogP contribution in [-0.4, -0.2) is 30.0 Å². The maximum absolute atomic E-state index is 11.8. The lowest BCUT2D eigenvalue weighted by atomic mass is 10.1. The van der Waals surface area contributed by atoms with E-state index < -0.39 is 17.7 Å². The van der Waals surface area contributed by atoms with Gasteiger partial charge in [0, 0.05) is 0 Å². The Morgan fingerprint density at radius 2 is 1.87 bits per heavy atom. The first-order chi connectivity index (χ1) is 10.7. The molecule has 0 radical (unpaired) electrons. The molecule has 0 heterocycles. The van der Waals surface area contributed by atoms with Crippen molar-refractivity contribution in [3.8, 4) is 5.75 Å². The molecular formula is C18H29NO4. The minimum atomic E-state index is -0.572. The Bertz CT molecular complexity index is 479. The fourth-order valence-electron chi connectivity index (χ4n) is 1.84. The summed E-state index contributed by atoms with van der Waals surface area (Å²) in [6.45, 7) is 10.1. The number of ether oxygens (including phenoxy) is 2. The number of amides is 1. The first-order valence-electron chi connectivity index (χ1n) is 8.08. The van der Waals surface area contributed by atoms with Crippen LogP contribution in [-0.2, 0) is 4.74 Å². The normalized spacial score (nSPS) is 14.0. The van der Waals surface area contributed by atoms with E-state index in [1.165, 1.54) is 0 Å². The van der Waals surface area contributed by atoms with Crippen molar-refractivity contribution in [2.24, 2.45) is 5.92 Å². The number of rotatable bonds is 7. The SMILES string of the molecule is CCC(C)COc1ccc(C(CO)NC(=O)OC(C)(C)C)cc1. The molecule has 2 N–H and O–H groups in total. The minimum Gasteiger partial charge on any atom is -0.493 e. The Hall–Kier alpha value is -1.75. The molecule has 1 aromatic carbocycles. The number of hydrogen-bond acceptors (Lipinski definition) is 4. The Morgan fingerprint density at radius 1 is 1.26 bits per heavy atom. The summed E-state index contributed by atoms with van der Waals surface area (Å²) in [7, 11) is 0. The first kappa shape index (κ1) is 19.3. The molecule has 23 heavy (non-hydrogen) atoms. The monoisotopic (exact) mass is 323 g/mol. The summed E-state index contributed by atoms with van der Waals surface area (Å²) in [6.07, 6.45) is 0.526. The molecule has 0 spiro atoms. The van der Waals surface area contributed by atoms with Gasteiger partial charge in [0.2, 0.25) is 0 Å². The third kappa shape index (κ3) is 7.37. The lowest BCUT2D eigenvalue weighted by Gasteiger charge is -2.23. The van der Waals surface area contributed by atoms with Crippen LogP contribution in [0.4, 0.5) is 4.79 Å². The molecule has 1 aromatic rings. The van der Waals surface area contributed by atoms with E-state index in [-0.39, 0.29) is 6.61 Å². The van der Waals surface area contributed by atoms with Gasteiger partial charge in [0.25, 0.3) is 0 Å². The van der Waals surface area contributed by atoms with Gasteiger partial charge < -0.3 is 19.9 Å². The van der Waals surface area contributed by atoms with Crippen LogP contribution in [0, 0.1) is 5.92 Å². The molecule has 0 aliphatic carbocycles. The molecule has 2 unspecified atom stereocenters. The summed E-state index contributed by atoms with van der Waals surface area (Å²) in [5.41, 5.74) is 0.229. The highest BCUT2D eigenvalue weighted by atomic mass is 16.6. The molecule has 0 aliphatic heterocycles. The lowest BCUT2D eigenvalue weighted by Crippen LogP contribution is -2.36. The number of alkyl carbamates (subject to hydrolysis) is 1. The van der Waals surface area contributed by atoms with E-state index in [1.54, 1.807) is 20.8 Å². The molecule has 0 fully saturated rings. The van der Waals surface area contributed by atoms with Gasteiger partial charge in [0.05, 0.1) is 19.3 Å². The highest BCUT2D eigenvalue weighted by Crippen LogP contribution is 2.19. The topological polar surface area (TPSA) is 67.8 Å². The zero-order chi connectivity index (χ0) is 17.5. The van der Waals surface area contributed by atoms with Gasteiger partial charge in [-0.25, -0.2) is 4.79 Å². The van der Waals surface area contributed by atoms with E-state index in [0.29, 0.717) is 12.5 Å². The molecule has 5 heteroatoms. The minimum absolute atomic E-state index is 0.202. The summed E-state index contributed by atoms with van der Waals surface area (Å²) in [5.74, 6) is 1.29. The van der Waals surface area contributed by atoms with E-state index in [2.05, 4.69) is 19.2 Å². The summed E-state index contributed by atoms with van der Waals surface area (Å²) < 4.78 is 10.9. The molecule has 0 aromatic heterocycles. The van der Waals surface area contributed by atoms with Gasteiger partial charge in [-0.3, -0.25) is 0 Å². The number of nitrogens with one attached hydrogen (secondary N) is 1. The largest absolute Gasteiger partial charge is 0.493 e. The van der Waals surface area contributed by atoms with Gasteiger partial charge in [0.15, 0.2) is 0 Å². The van der Waals surface area contributed by atoms with Crippen LogP contribution in [0.3, 0.4) is 0 Å². The molecular weight excluding hydrogens is 294 g/mol. The second-order valence-corrected chi connectivity index (χ2v) is 6.77. The fraction of sp³-hybridized carbons (Fsp3) is 0.611. The average molecular weight is 323 g/mol. The van der Waals surface area contributed by atoms with Gasteiger partial charge in [-0.1, -0.05) is 32.4 Å². The van der Waals surface area contributed by atoms with Crippen LogP contribution in [0.15, 0.2) is 24.3 Å². The van der Waals surface area contributed by atoms with Crippen molar-refractivity contribution in [1.82, 2.24) is 5.32 Å². The predicted octanol–water partition coefficient (Wildman–Crippen LogP) is 3.67. The van der Waals surface area contributed by atoms with Gasteiger partial charge in [-0.2, -0.15) is 0 Å². The third-order valence-corrected chi connectivity index (χ3v) is 3.39.